The molecule has 26 heavy (non-hydrogen) atoms. The molecular weight excluding hydrogens is 346 g/mol. The van der Waals surface area contributed by atoms with E-state index in [-0.39, 0.29) is 0 Å². The molecule has 0 bridgehead atoms. The van der Waals surface area contributed by atoms with Crippen LogP contribution < -0.4 is 9.47 Å². The van der Waals surface area contributed by atoms with Crippen molar-refractivity contribution in [2.45, 2.75) is 6.61 Å². The zero-order valence-corrected chi connectivity index (χ0v) is 14.7. The summed E-state index contributed by atoms with van der Waals surface area (Å²) in [4.78, 5) is 4.62. The van der Waals surface area contributed by atoms with E-state index in [1.807, 2.05) is 72.8 Å². The average Bonchev–Trinajstić information content (AvgIpc) is 2.69. The highest BCUT2D eigenvalue weighted by Gasteiger charge is 2.07. The lowest BCUT2D eigenvalue weighted by molar-refractivity contribution is 0.309. The van der Waals surface area contributed by atoms with Crippen LogP contribution in [0.4, 0.5) is 0 Å². The molecule has 128 valence electrons. The first-order valence-electron chi connectivity index (χ1n) is 8.28. The monoisotopic (exact) mass is 361 g/mol. The van der Waals surface area contributed by atoms with Gasteiger partial charge in [0.25, 0.3) is 0 Å². The summed E-state index contributed by atoms with van der Waals surface area (Å²) in [5.74, 6) is 1.92. The van der Waals surface area contributed by atoms with E-state index in [1.165, 1.54) is 0 Å². The number of nitrogens with zero attached hydrogens (tertiary/aromatic N) is 1. The van der Waals surface area contributed by atoms with Gasteiger partial charge in [-0.1, -0.05) is 54.1 Å². The lowest BCUT2D eigenvalue weighted by Gasteiger charge is -2.10. The molecule has 0 spiro atoms. The second-order valence-corrected chi connectivity index (χ2v) is 6.24. The fourth-order valence-corrected chi connectivity index (χ4v) is 2.76. The lowest BCUT2D eigenvalue weighted by atomic mass is 10.2. The molecule has 0 N–H and O–H groups in total. The Morgan fingerprint density at radius 1 is 0.769 bits per heavy atom. The first-order valence-corrected chi connectivity index (χ1v) is 8.66. The number of halogens is 1. The maximum absolute atomic E-state index is 5.99. The number of ether oxygens (including phenoxy) is 2. The summed E-state index contributed by atoms with van der Waals surface area (Å²) in [7, 11) is 0. The minimum Gasteiger partial charge on any atom is -0.487 e. The number of rotatable bonds is 5. The minimum atomic E-state index is 0.490. The summed E-state index contributed by atoms with van der Waals surface area (Å²) in [6.07, 6.45) is 0. The molecule has 3 nitrogen and oxygen atoms in total. The van der Waals surface area contributed by atoms with Gasteiger partial charge in [-0.2, -0.15) is 0 Å². The Morgan fingerprint density at radius 3 is 2.38 bits per heavy atom. The number of benzene rings is 3. The molecule has 0 amide bonds. The Bertz CT molecular complexity index is 1020. The van der Waals surface area contributed by atoms with Crippen LogP contribution in [0.5, 0.6) is 17.4 Å². The predicted octanol–water partition coefficient (Wildman–Crippen LogP) is 6.26. The molecule has 0 aliphatic rings. The molecule has 3 aromatic carbocycles. The average molecular weight is 362 g/mol. The summed E-state index contributed by atoms with van der Waals surface area (Å²) >= 11 is 5.91. The summed E-state index contributed by atoms with van der Waals surface area (Å²) < 4.78 is 11.8. The van der Waals surface area contributed by atoms with Gasteiger partial charge in [0.15, 0.2) is 0 Å². The van der Waals surface area contributed by atoms with E-state index in [9.17, 15) is 0 Å². The third kappa shape index (κ3) is 3.79. The predicted molar refractivity (Wildman–Crippen MR) is 104 cm³/mol. The Kier molecular flexibility index (Phi) is 4.71. The van der Waals surface area contributed by atoms with Gasteiger partial charge < -0.3 is 9.47 Å². The van der Waals surface area contributed by atoms with Gasteiger partial charge >= 0.3 is 0 Å². The van der Waals surface area contributed by atoms with Gasteiger partial charge in [-0.05, 0) is 42.0 Å². The number of hydrogen-bond acceptors (Lipinski definition) is 3. The third-order valence-electron chi connectivity index (χ3n) is 3.93. The highest BCUT2D eigenvalue weighted by molar-refractivity contribution is 6.30. The number of hydrogen-bond donors (Lipinski definition) is 0. The number of fused-ring (bicyclic) bond motifs is 1. The summed E-state index contributed by atoms with van der Waals surface area (Å²) in [6.45, 7) is 0.490. The molecule has 0 aliphatic heterocycles. The van der Waals surface area contributed by atoms with Crippen LogP contribution in [-0.4, -0.2) is 4.98 Å². The Labute approximate surface area is 156 Å². The number of para-hydroxylation sites is 1. The van der Waals surface area contributed by atoms with Gasteiger partial charge in [0.1, 0.15) is 23.6 Å². The van der Waals surface area contributed by atoms with E-state index in [0.717, 1.165) is 22.2 Å². The summed E-state index contributed by atoms with van der Waals surface area (Å²) in [5, 5.41) is 1.67. The van der Waals surface area contributed by atoms with Crippen LogP contribution in [0.15, 0.2) is 84.9 Å². The molecule has 4 rings (SSSR count). The van der Waals surface area contributed by atoms with Crippen LogP contribution in [-0.2, 0) is 6.61 Å². The van der Waals surface area contributed by atoms with Crippen LogP contribution in [0.3, 0.4) is 0 Å². The van der Waals surface area contributed by atoms with Crippen molar-refractivity contribution in [2.75, 3.05) is 0 Å². The van der Waals surface area contributed by atoms with Gasteiger partial charge in [0, 0.05) is 16.5 Å². The molecule has 0 radical (unpaired) electrons. The Morgan fingerprint density at radius 2 is 1.58 bits per heavy atom. The topological polar surface area (TPSA) is 31.4 Å². The molecule has 0 atom stereocenters. The zero-order chi connectivity index (χ0) is 17.8. The van der Waals surface area contributed by atoms with E-state index in [2.05, 4.69) is 4.98 Å². The van der Waals surface area contributed by atoms with Gasteiger partial charge in [-0.3, -0.25) is 0 Å². The first kappa shape index (κ1) is 16.4. The third-order valence-corrected chi connectivity index (χ3v) is 4.18. The Balaban J connectivity index is 1.60. The van der Waals surface area contributed by atoms with Crippen molar-refractivity contribution in [2.24, 2.45) is 0 Å². The first-order chi connectivity index (χ1) is 12.8. The van der Waals surface area contributed by atoms with Crippen molar-refractivity contribution in [1.29, 1.82) is 0 Å². The van der Waals surface area contributed by atoms with Crippen LogP contribution in [0, 0.1) is 0 Å². The largest absolute Gasteiger partial charge is 0.487 e. The van der Waals surface area contributed by atoms with Gasteiger partial charge in [-0.25, -0.2) is 4.98 Å². The smallest absolute Gasteiger partial charge is 0.219 e. The van der Waals surface area contributed by atoms with Crippen molar-refractivity contribution in [3.05, 3.63) is 95.5 Å². The Hall–Kier alpha value is -3.04. The van der Waals surface area contributed by atoms with Gasteiger partial charge in [0.05, 0.1) is 0 Å². The van der Waals surface area contributed by atoms with Crippen molar-refractivity contribution < 1.29 is 9.47 Å². The fraction of sp³-hybridized carbons (Fsp3) is 0.0455. The van der Waals surface area contributed by atoms with Crippen LogP contribution >= 0.6 is 11.6 Å². The highest BCUT2D eigenvalue weighted by Crippen LogP contribution is 2.29. The molecule has 1 heterocycles. The maximum Gasteiger partial charge on any atom is 0.219 e. The lowest BCUT2D eigenvalue weighted by Crippen LogP contribution is -1.97. The second kappa shape index (κ2) is 7.46. The van der Waals surface area contributed by atoms with Crippen molar-refractivity contribution >= 4 is 22.5 Å². The molecule has 4 aromatic rings. The molecule has 0 saturated carbocycles. The summed E-state index contributed by atoms with van der Waals surface area (Å²) in [5.41, 5.74) is 1.88. The van der Waals surface area contributed by atoms with Gasteiger partial charge in [0.2, 0.25) is 5.88 Å². The standard InChI is InChI=1S/C22H16ClNO2/c23-18-10-12-19(13-11-18)26-21-14-9-17-7-4-8-20(22(17)24-21)25-15-16-5-2-1-3-6-16/h1-14H,15H2. The van der Waals surface area contributed by atoms with E-state index < -0.39 is 0 Å². The SMILES string of the molecule is Clc1ccc(Oc2ccc3cccc(OCc4ccccc4)c3n2)cc1. The summed E-state index contributed by atoms with van der Waals surface area (Å²) in [6, 6.07) is 27.0. The molecule has 0 fully saturated rings. The molecule has 0 unspecified atom stereocenters. The molecular formula is C22H16ClNO2. The molecule has 0 saturated heterocycles. The van der Waals surface area contributed by atoms with E-state index in [1.54, 1.807) is 12.1 Å². The minimum absolute atomic E-state index is 0.490. The van der Waals surface area contributed by atoms with Crippen LogP contribution in [0.1, 0.15) is 5.56 Å². The van der Waals surface area contributed by atoms with Gasteiger partial charge in [-0.15, -0.1) is 0 Å². The highest BCUT2D eigenvalue weighted by atomic mass is 35.5. The van der Waals surface area contributed by atoms with Crippen molar-refractivity contribution in [3.63, 3.8) is 0 Å². The number of aromatic nitrogens is 1. The zero-order valence-electron chi connectivity index (χ0n) is 13.9. The molecule has 0 aliphatic carbocycles. The van der Waals surface area contributed by atoms with Crippen molar-refractivity contribution in [3.8, 4) is 17.4 Å². The second-order valence-electron chi connectivity index (χ2n) is 5.81. The molecule has 4 heteroatoms. The number of pyridine rings is 1. The van der Waals surface area contributed by atoms with E-state index >= 15 is 0 Å². The molecule has 1 aromatic heterocycles. The van der Waals surface area contributed by atoms with Crippen LogP contribution in [0.25, 0.3) is 10.9 Å². The normalized spacial score (nSPS) is 10.7. The fourth-order valence-electron chi connectivity index (χ4n) is 2.63. The quantitative estimate of drug-likeness (QED) is 0.420. The van der Waals surface area contributed by atoms with Crippen LogP contribution in [0.2, 0.25) is 5.02 Å². The van der Waals surface area contributed by atoms with Crippen molar-refractivity contribution in [1.82, 2.24) is 4.98 Å². The maximum atomic E-state index is 5.99. The van der Waals surface area contributed by atoms with E-state index in [4.69, 9.17) is 21.1 Å². The van der Waals surface area contributed by atoms with E-state index in [0.29, 0.717) is 23.3 Å².